The second-order valence-electron chi connectivity index (χ2n) is 1.71. The third kappa shape index (κ3) is 7.06. The lowest BCUT2D eigenvalue weighted by atomic mass is 10.3. The molecule has 1 heteroatoms. The normalized spacial score (nSPS) is 7.56. The Labute approximate surface area is 56.8 Å². The molecule has 0 spiro atoms. The number of rotatable bonds is 5. The van der Waals surface area contributed by atoms with E-state index in [9.17, 15) is 0 Å². The molecule has 0 aliphatic heterocycles. The Balaban J connectivity index is 2.90. The van der Waals surface area contributed by atoms with Gasteiger partial charge in [-0.1, -0.05) is 13.2 Å². The summed E-state index contributed by atoms with van der Waals surface area (Å²) in [7, 11) is 0. The first-order chi connectivity index (χ1) is 4.41. The van der Waals surface area contributed by atoms with E-state index in [4.69, 9.17) is 0 Å². The second kappa shape index (κ2) is 7.06. The van der Waals surface area contributed by atoms with Gasteiger partial charge < -0.3 is 5.32 Å². The van der Waals surface area contributed by atoms with Crippen LogP contribution in [0.3, 0.4) is 0 Å². The Morgan fingerprint density at radius 2 is 2.33 bits per heavy atom. The molecule has 0 rings (SSSR count). The Bertz CT molecular complexity index is 110. The lowest BCUT2D eigenvalue weighted by molar-refractivity contribution is 0.766. The number of unbranched alkanes of at least 4 members (excludes halogenated alkanes) is 1. The highest BCUT2D eigenvalue weighted by molar-refractivity contribution is 4.76. The van der Waals surface area contributed by atoms with Gasteiger partial charge in [-0.05, 0) is 25.1 Å². The van der Waals surface area contributed by atoms with Crippen LogP contribution in [0.2, 0.25) is 0 Å². The van der Waals surface area contributed by atoms with Gasteiger partial charge in [0, 0.05) is 6.54 Å². The first-order valence-corrected chi connectivity index (χ1v) is 3.10. The van der Waals surface area contributed by atoms with E-state index in [0.717, 1.165) is 19.4 Å². The molecule has 0 atom stereocenters. The average Bonchev–Trinajstić information content (AvgIpc) is 1.89. The van der Waals surface area contributed by atoms with Crippen molar-refractivity contribution in [1.82, 2.24) is 5.32 Å². The van der Waals surface area contributed by atoms with Crippen molar-refractivity contribution in [2.24, 2.45) is 0 Å². The number of hydrogen-bond acceptors (Lipinski definition) is 1. The summed E-state index contributed by atoms with van der Waals surface area (Å²) in [5.74, 6) is 0. The predicted octanol–water partition coefficient (Wildman–Crippen LogP) is 1.84. The number of allylic oxidation sites excluding steroid dienone is 1. The molecule has 0 heterocycles. The zero-order chi connectivity index (χ0) is 6.95. The van der Waals surface area contributed by atoms with Gasteiger partial charge >= 0.3 is 0 Å². The molecule has 0 aromatic rings. The molecule has 0 saturated heterocycles. The SMILES string of the molecule is C=C=CCCCNC=C. The maximum absolute atomic E-state index is 3.53. The lowest BCUT2D eigenvalue weighted by Crippen LogP contribution is -2.04. The first-order valence-electron chi connectivity index (χ1n) is 3.10. The molecule has 0 aromatic heterocycles. The van der Waals surface area contributed by atoms with E-state index < -0.39 is 0 Å². The van der Waals surface area contributed by atoms with E-state index in [1.54, 1.807) is 6.20 Å². The number of nitrogens with one attached hydrogen (secondary N) is 1. The van der Waals surface area contributed by atoms with E-state index >= 15 is 0 Å². The van der Waals surface area contributed by atoms with E-state index in [1.165, 1.54) is 0 Å². The van der Waals surface area contributed by atoms with E-state index in [2.05, 4.69) is 24.2 Å². The van der Waals surface area contributed by atoms with Crippen molar-refractivity contribution in [3.63, 3.8) is 0 Å². The van der Waals surface area contributed by atoms with Crippen LogP contribution in [0.25, 0.3) is 0 Å². The summed E-state index contributed by atoms with van der Waals surface area (Å²) >= 11 is 0. The van der Waals surface area contributed by atoms with Crippen molar-refractivity contribution in [3.05, 3.63) is 31.2 Å². The van der Waals surface area contributed by atoms with Gasteiger partial charge in [0.25, 0.3) is 0 Å². The highest BCUT2D eigenvalue weighted by atomic mass is 14.8. The van der Waals surface area contributed by atoms with Gasteiger partial charge in [0.2, 0.25) is 0 Å². The minimum atomic E-state index is 0.988. The largest absolute Gasteiger partial charge is 0.391 e. The minimum Gasteiger partial charge on any atom is -0.391 e. The Morgan fingerprint density at radius 1 is 1.56 bits per heavy atom. The molecular formula is C8H13N. The summed E-state index contributed by atoms with van der Waals surface area (Å²) in [5, 5.41) is 3.00. The minimum absolute atomic E-state index is 0.988. The summed E-state index contributed by atoms with van der Waals surface area (Å²) in [5.41, 5.74) is 2.72. The average molecular weight is 123 g/mol. The molecule has 50 valence electrons. The summed E-state index contributed by atoms with van der Waals surface area (Å²) in [4.78, 5) is 0. The van der Waals surface area contributed by atoms with Gasteiger partial charge in [-0.3, -0.25) is 0 Å². The molecule has 9 heavy (non-hydrogen) atoms. The van der Waals surface area contributed by atoms with E-state index in [0.29, 0.717) is 0 Å². The van der Waals surface area contributed by atoms with Crippen molar-refractivity contribution < 1.29 is 0 Å². The molecule has 0 aliphatic rings. The fourth-order valence-electron chi connectivity index (χ4n) is 0.510. The van der Waals surface area contributed by atoms with Gasteiger partial charge in [-0.15, -0.1) is 5.73 Å². The molecule has 1 nitrogen and oxygen atoms in total. The van der Waals surface area contributed by atoms with Crippen LogP contribution in [0.15, 0.2) is 31.2 Å². The van der Waals surface area contributed by atoms with Crippen molar-refractivity contribution in [3.8, 4) is 0 Å². The fourth-order valence-corrected chi connectivity index (χ4v) is 0.510. The summed E-state index contributed by atoms with van der Waals surface area (Å²) in [6.07, 6.45) is 5.81. The van der Waals surface area contributed by atoms with Crippen molar-refractivity contribution in [2.75, 3.05) is 6.54 Å². The Morgan fingerprint density at radius 3 is 2.89 bits per heavy atom. The highest BCUT2D eigenvalue weighted by Gasteiger charge is 1.77. The summed E-state index contributed by atoms with van der Waals surface area (Å²) in [6.45, 7) is 7.97. The van der Waals surface area contributed by atoms with Gasteiger partial charge in [0.05, 0.1) is 0 Å². The third-order valence-corrected chi connectivity index (χ3v) is 0.958. The maximum atomic E-state index is 3.53. The molecular weight excluding hydrogens is 110 g/mol. The topological polar surface area (TPSA) is 12.0 Å². The maximum Gasteiger partial charge on any atom is 0.0144 e. The second-order valence-corrected chi connectivity index (χ2v) is 1.71. The lowest BCUT2D eigenvalue weighted by Gasteiger charge is -1.94. The van der Waals surface area contributed by atoms with Gasteiger partial charge in [-0.2, -0.15) is 0 Å². The molecule has 1 N–H and O–H groups in total. The smallest absolute Gasteiger partial charge is 0.0144 e. The van der Waals surface area contributed by atoms with Crippen LogP contribution in [0.5, 0.6) is 0 Å². The molecule has 0 aliphatic carbocycles. The molecule has 0 amide bonds. The summed E-state index contributed by atoms with van der Waals surface area (Å²) in [6, 6.07) is 0. The van der Waals surface area contributed by atoms with Crippen LogP contribution >= 0.6 is 0 Å². The molecule has 0 saturated carbocycles. The van der Waals surface area contributed by atoms with Gasteiger partial charge in [0.1, 0.15) is 0 Å². The number of hydrogen-bond donors (Lipinski definition) is 1. The van der Waals surface area contributed by atoms with Crippen LogP contribution in [0.4, 0.5) is 0 Å². The van der Waals surface area contributed by atoms with Gasteiger partial charge in [0.15, 0.2) is 0 Å². The zero-order valence-corrected chi connectivity index (χ0v) is 5.69. The van der Waals surface area contributed by atoms with E-state index in [-0.39, 0.29) is 0 Å². The summed E-state index contributed by atoms with van der Waals surface area (Å²) < 4.78 is 0. The molecule has 0 radical (unpaired) electrons. The van der Waals surface area contributed by atoms with Crippen molar-refractivity contribution in [2.45, 2.75) is 12.8 Å². The Hall–Kier alpha value is -0.940. The van der Waals surface area contributed by atoms with Crippen LogP contribution in [-0.2, 0) is 0 Å². The van der Waals surface area contributed by atoms with Crippen LogP contribution in [0.1, 0.15) is 12.8 Å². The standard InChI is InChI=1S/C8H13N/c1-3-5-6-7-8-9-4-2/h4-5,9H,1-2,6-8H2. The van der Waals surface area contributed by atoms with Gasteiger partial charge in [-0.25, -0.2) is 0 Å². The fraction of sp³-hybridized carbons (Fsp3) is 0.375. The van der Waals surface area contributed by atoms with Crippen LogP contribution in [0, 0.1) is 0 Å². The Kier molecular flexibility index (Phi) is 6.32. The van der Waals surface area contributed by atoms with Crippen molar-refractivity contribution >= 4 is 0 Å². The monoisotopic (exact) mass is 123 g/mol. The predicted molar refractivity (Wildman–Crippen MR) is 41.1 cm³/mol. The van der Waals surface area contributed by atoms with E-state index in [1.807, 2.05) is 6.08 Å². The highest BCUT2D eigenvalue weighted by Crippen LogP contribution is 1.85. The quantitative estimate of drug-likeness (QED) is 0.434. The van der Waals surface area contributed by atoms with Crippen LogP contribution in [-0.4, -0.2) is 6.54 Å². The zero-order valence-electron chi connectivity index (χ0n) is 5.69. The molecule has 0 unspecified atom stereocenters. The molecule has 0 fully saturated rings. The van der Waals surface area contributed by atoms with Crippen LogP contribution < -0.4 is 5.32 Å². The molecule has 0 aromatic carbocycles. The molecule has 0 bridgehead atoms. The first kappa shape index (κ1) is 8.06. The van der Waals surface area contributed by atoms with Crippen molar-refractivity contribution in [1.29, 1.82) is 0 Å². The third-order valence-electron chi connectivity index (χ3n) is 0.958.